The number of rotatable bonds is 7. The standard InChI is InChI=1S/C19H24N2O3S2/c1-5-21(6-2)19(22)15-7-9-16(10-8-15)20(3)26(23,24)18-13-11-17(25-4)12-14-18/h7-14H,5-6H2,1-4H3. The quantitative estimate of drug-likeness (QED) is 0.674. The van der Waals surface area contributed by atoms with Gasteiger partial charge in [-0.25, -0.2) is 8.42 Å². The summed E-state index contributed by atoms with van der Waals surface area (Å²) in [4.78, 5) is 15.3. The minimum atomic E-state index is -3.65. The van der Waals surface area contributed by atoms with Gasteiger partial charge in [-0.2, -0.15) is 0 Å². The molecule has 0 aromatic heterocycles. The first-order chi connectivity index (χ1) is 12.3. The van der Waals surface area contributed by atoms with Gasteiger partial charge in [0.15, 0.2) is 0 Å². The van der Waals surface area contributed by atoms with Gasteiger partial charge in [0.05, 0.1) is 10.6 Å². The maximum Gasteiger partial charge on any atom is 0.264 e. The maximum atomic E-state index is 12.8. The fourth-order valence-electron chi connectivity index (χ4n) is 2.55. The molecule has 1 amide bonds. The van der Waals surface area contributed by atoms with Crippen LogP contribution in [-0.2, 0) is 10.0 Å². The summed E-state index contributed by atoms with van der Waals surface area (Å²) in [6, 6.07) is 13.4. The van der Waals surface area contributed by atoms with Gasteiger partial charge in [-0.1, -0.05) is 0 Å². The lowest BCUT2D eigenvalue weighted by Crippen LogP contribution is -2.30. The molecule has 0 aliphatic heterocycles. The van der Waals surface area contributed by atoms with Crippen molar-refractivity contribution in [3.05, 3.63) is 54.1 Å². The Bertz CT molecular complexity index is 843. The van der Waals surface area contributed by atoms with Crippen molar-refractivity contribution in [2.75, 3.05) is 30.7 Å². The van der Waals surface area contributed by atoms with Crippen LogP contribution in [0.1, 0.15) is 24.2 Å². The smallest absolute Gasteiger partial charge is 0.264 e. The number of nitrogens with zero attached hydrogens (tertiary/aromatic N) is 2. The summed E-state index contributed by atoms with van der Waals surface area (Å²) < 4.78 is 26.8. The summed E-state index contributed by atoms with van der Waals surface area (Å²) >= 11 is 1.56. The van der Waals surface area contributed by atoms with E-state index in [0.29, 0.717) is 24.3 Å². The molecule has 2 rings (SSSR count). The minimum Gasteiger partial charge on any atom is -0.339 e. The summed E-state index contributed by atoms with van der Waals surface area (Å²) in [5.74, 6) is -0.0558. The predicted octanol–water partition coefficient (Wildman–Crippen LogP) is 3.72. The number of carbonyl (C=O) groups is 1. The first-order valence-corrected chi connectivity index (χ1v) is 11.0. The van der Waals surface area contributed by atoms with E-state index in [-0.39, 0.29) is 10.8 Å². The molecule has 26 heavy (non-hydrogen) atoms. The zero-order chi connectivity index (χ0) is 19.3. The molecule has 0 N–H and O–H groups in total. The first kappa shape index (κ1) is 20.3. The Balaban J connectivity index is 2.25. The largest absolute Gasteiger partial charge is 0.339 e. The van der Waals surface area contributed by atoms with E-state index in [0.717, 1.165) is 4.90 Å². The first-order valence-electron chi connectivity index (χ1n) is 8.37. The van der Waals surface area contributed by atoms with Gasteiger partial charge in [-0.05, 0) is 68.6 Å². The van der Waals surface area contributed by atoms with Gasteiger partial charge < -0.3 is 4.90 Å². The van der Waals surface area contributed by atoms with Crippen LogP contribution in [-0.4, -0.2) is 45.6 Å². The SMILES string of the molecule is CCN(CC)C(=O)c1ccc(N(C)S(=O)(=O)c2ccc(SC)cc2)cc1. The second-order valence-corrected chi connectivity index (χ2v) is 8.52. The van der Waals surface area contributed by atoms with E-state index < -0.39 is 10.0 Å². The molecule has 2 aromatic rings. The number of hydrogen-bond donors (Lipinski definition) is 0. The molecule has 0 spiro atoms. The average Bonchev–Trinajstić information content (AvgIpc) is 2.68. The molecule has 0 fully saturated rings. The van der Waals surface area contributed by atoms with E-state index in [4.69, 9.17) is 0 Å². The van der Waals surface area contributed by atoms with Crippen LogP contribution in [0.3, 0.4) is 0 Å². The van der Waals surface area contributed by atoms with Crippen molar-refractivity contribution < 1.29 is 13.2 Å². The Labute approximate surface area is 160 Å². The number of carbonyl (C=O) groups excluding carboxylic acids is 1. The van der Waals surface area contributed by atoms with E-state index in [1.54, 1.807) is 65.2 Å². The number of thioether (sulfide) groups is 1. The van der Waals surface area contributed by atoms with Gasteiger partial charge >= 0.3 is 0 Å². The van der Waals surface area contributed by atoms with Gasteiger partial charge in [-0.3, -0.25) is 9.10 Å². The summed E-state index contributed by atoms with van der Waals surface area (Å²) in [7, 11) is -2.13. The molecule has 0 atom stereocenters. The van der Waals surface area contributed by atoms with Crippen molar-refractivity contribution in [3.8, 4) is 0 Å². The number of anilines is 1. The van der Waals surface area contributed by atoms with Crippen molar-refractivity contribution in [3.63, 3.8) is 0 Å². The Morgan fingerprint density at radius 2 is 1.50 bits per heavy atom. The van der Waals surface area contributed by atoms with Crippen LogP contribution in [0.5, 0.6) is 0 Å². The van der Waals surface area contributed by atoms with Crippen LogP contribution in [0, 0.1) is 0 Å². The highest BCUT2D eigenvalue weighted by Crippen LogP contribution is 2.24. The molecule has 2 aromatic carbocycles. The van der Waals surface area contributed by atoms with Crippen LogP contribution in [0.25, 0.3) is 0 Å². The molecular weight excluding hydrogens is 368 g/mol. The third kappa shape index (κ3) is 4.22. The molecule has 0 saturated heterocycles. The second kappa shape index (κ2) is 8.60. The number of hydrogen-bond acceptors (Lipinski definition) is 4. The summed E-state index contributed by atoms with van der Waals surface area (Å²) in [5.41, 5.74) is 1.06. The average molecular weight is 393 g/mol. The van der Waals surface area contributed by atoms with Gasteiger partial charge in [-0.15, -0.1) is 11.8 Å². The van der Waals surface area contributed by atoms with Crippen LogP contribution in [0.4, 0.5) is 5.69 Å². The molecule has 0 heterocycles. The van der Waals surface area contributed by atoms with E-state index in [1.165, 1.54) is 11.4 Å². The maximum absolute atomic E-state index is 12.8. The zero-order valence-electron chi connectivity index (χ0n) is 15.5. The van der Waals surface area contributed by atoms with Crippen LogP contribution >= 0.6 is 11.8 Å². The van der Waals surface area contributed by atoms with Crippen molar-refractivity contribution in [1.82, 2.24) is 4.90 Å². The monoisotopic (exact) mass is 392 g/mol. The molecule has 0 radical (unpaired) electrons. The molecule has 0 aliphatic rings. The second-order valence-electron chi connectivity index (χ2n) is 5.67. The third-order valence-electron chi connectivity index (χ3n) is 4.25. The highest BCUT2D eigenvalue weighted by Gasteiger charge is 2.21. The third-order valence-corrected chi connectivity index (χ3v) is 6.79. The Morgan fingerprint density at radius 3 is 1.96 bits per heavy atom. The Kier molecular flexibility index (Phi) is 6.72. The molecule has 140 valence electrons. The van der Waals surface area contributed by atoms with Gasteiger partial charge in [0.2, 0.25) is 0 Å². The van der Waals surface area contributed by atoms with E-state index >= 15 is 0 Å². The zero-order valence-corrected chi connectivity index (χ0v) is 17.1. The number of benzene rings is 2. The van der Waals surface area contributed by atoms with E-state index in [2.05, 4.69) is 0 Å². The summed E-state index contributed by atoms with van der Waals surface area (Å²) in [6.45, 7) is 5.13. The van der Waals surface area contributed by atoms with Gasteiger partial charge in [0.1, 0.15) is 0 Å². The van der Waals surface area contributed by atoms with Crippen molar-refractivity contribution in [1.29, 1.82) is 0 Å². The molecule has 0 aliphatic carbocycles. The molecule has 7 heteroatoms. The molecule has 0 saturated carbocycles. The molecule has 0 unspecified atom stereocenters. The van der Waals surface area contributed by atoms with Gasteiger partial charge in [0, 0.05) is 30.6 Å². The normalized spacial score (nSPS) is 11.2. The Hall–Kier alpha value is -1.99. The lowest BCUT2D eigenvalue weighted by Gasteiger charge is -2.21. The topological polar surface area (TPSA) is 57.7 Å². The van der Waals surface area contributed by atoms with E-state index in [9.17, 15) is 13.2 Å². The minimum absolute atomic E-state index is 0.0558. The molecule has 5 nitrogen and oxygen atoms in total. The highest BCUT2D eigenvalue weighted by atomic mass is 32.2. The molecule has 0 bridgehead atoms. The van der Waals surface area contributed by atoms with Crippen molar-refractivity contribution >= 4 is 33.4 Å². The fraction of sp³-hybridized carbons (Fsp3) is 0.316. The van der Waals surface area contributed by atoms with Crippen LogP contribution in [0.2, 0.25) is 0 Å². The fourth-order valence-corrected chi connectivity index (χ4v) is 4.16. The predicted molar refractivity (Wildman–Crippen MR) is 108 cm³/mol. The lowest BCUT2D eigenvalue weighted by atomic mass is 10.2. The van der Waals surface area contributed by atoms with E-state index in [1.807, 2.05) is 20.1 Å². The van der Waals surface area contributed by atoms with Crippen LogP contribution in [0.15, 0.2) is 58.3 Å². The summed E-state index contributed by atoms with van der Waals surface area (Å²) in [6.07, 6.45) is 1.94. The Morgan fingerprint density at radius 1 is 0.962 bits per heavy atom. The number of sulfonamides is 1. The van der Waals surface area contributed by atoms with Gasteiger partial charge in [0.25, 0.3) is 15.9 Å². The van der Waals surface area contributed by atoms with Crippen LogP contribution < -0.4 is 4.31 Å². The highest BCUT2D eigenvalue weighted by molar-refractivity contribution is 7.98. The summed E-state index contributed by atoms with van der Waals surface area (Å²) in [5, 5.41) is 0. The molecular formula is C19H24N2O3S2. The van der Waals surface area contributed by atoms with Crippen molar-refractivity contribution in [2.45, 2.75) is 23.6 Å². The number of amides is 1. The lowest BCUT2D eigenvalue weighted by molar-refractivity contribution is 0.0773. The van der Waals surface area contributed by atoms with Crippen molar-refractivity contribution in [2.24, 2.45) is 0 Å².